The lowest BCUT2D eigenvalue weighted by molar-refractivity contribution is 0.242. The Morgan fingerprint density at radius 3 is 2.61 bits per heavy atom. The second kappa shape index (κ2) is 8.81. The van der Waals surface area contributed by atoms with Crippen LogP contribution in [-0.2, 0) is 6.54 Å². The molecule has 8 nitrogen and oxygen atoms in total. The Kier molecular flexibility index (Phi) is 5.33. The lowest BCUT2D eigenvalue weighted by Crippen LogP contribution is -2.21. The van der Waals surface area contributed by atoms with Crippen LogP contribution in [0.25, 0.3) is 38.9 Å². The van der Waals surface area contributed by atoms with Gasteiger partial charge >= 0.3 is 0 Å². The van der Waals surface area contributed by atoms with Gasteiger partial charge in [0.2, 0.25) is 11.7 Å². The minimum atomic E-state index is -0.188. The van der Waals surface area contributed by atoms with Gasteiger partial charge in [-0.05, 0) is 55.0 Å². The van der Waals surface area contributed by atoms with Crippen molar-refractivity contribution in [2.24, 2.45) is 0 Å². The molecule has 8 heteroatoms. The zero-order valence-electron chi connectivity index (χ0n) is 19.8. The van der Waals surface area contributed by atoms with Crippen LogP contribution in [0.4, 0.5) is 0 Å². The van der Waals surface area contributed by atoms with Crippen LogP contribution in [0.3, 0.4) is 0 Å². The lowest BCUT2D eigenvalue weighted by Gasteiger charge is -2.09. The molecule has 0 radical (unpaired) electrons. The Bertz CT molecular complexity index is 1740. The van der Waals surface area contributed by atoms with Gasteiger partial charge in [-0.1, -0.05) is 47.6 Å². The van der Waals surface area contributed by atoms with E-state index < -0.39 is 0 Å². The van der Waals surface area contributed by atoms with Crippen molar-refractivity contribution in [3.8, 4) is 28.4 Å². The highest BCUT2D eigenvalue weighted by Gasteiger charge is 2.14. The highest BCUT2D eigenvalue weighted by Crippen LogP contribution is 2.28. The molecule has 0 aliphatic heterocycles. The van der Waals surface area contributed by atoms with Gasteiger partial charge in [0, 0.05) is 23.5 Å². The van der Waals surface area contributed by atoms with Gasteiger partial charge in [-0.3, -0.25) is 4.79 Å². The van der Waals surface area contributed by atoms with Gasteiger partial charge in [-0.25, -0.2) is 4.52 Å². The maximum Gasteiger partial charge on any atom is 0.277 e. The average molecular weight is 478 g/mol. The molecule has 0 fully saturated rings. The maximum atomic E-state index is 13.2. The largest absolute Gasteiger partial charge is 0.491 e. The first-order valence-corrected chi connectivity index (χ1v) is 11.7. The molecule has 0 aliphatic carbocycles. The number of nitrogens with zero attached hydrogens (tertiary/aromatic N) is 5. The zero-order chi connectivity index (χ0) is 24.6. The van der Waals surface area contributed by atoms with Crippen LogP contribution < -0.4 is 10.3 Å². The van der Waals surface area contributed by atoms with E-state index in [0.29, 0.717) is 17.2 Å². The van der Waals surface area contributed by atoms with Gasteiger partial charge < -0.3 is 13.8 Å². The maximum absolute atomic E-state index is 13.2. The van der Waals surface area contributed by atoms with Gasteiger partial charge in [-0.2, -0.15) is 10.1 Å². The van der Waals surface area contributed by atoms with Crippen molar-refractivity contribution in [1.29, 1.82) is 0 Å². The molecule has 0 saturated carbocycles. The topological polar surface area (TPSA) is 87.5 Å². The normalized spacial score (nSPS) is 11.5. The highest BCUT2D eigenvalue weighted by molar-refractivity contribution is 5.96. The molecule has 3 aromatic heterocycles. The minimum absolute atomic E-state index is 0.0992. The molecule has 0 saturated heterocycles. The zero-order valence-corrected chi connectivity index (χ0v) is 19.8. The van der Waals surface area contributed by atoms with Crippen LogP contribution >= 0.6 is 0 Å². The summed E-state index contributed by atoms with van der Waals surface area (Å²) < 4.78 is 14.3. The van der Waals surface area contributed by atoms with Gasteiger partial charge in [-0.15, -0.1) is 0 Å². The molecule has 178 valence electrons. The van der Waals surface area contributed by atoms with Crippen molar-refractivity contribution in [3.05, 3.63) is 101 Å². The molecular weight excluding hydrogens is 454 g/mol. The minimum Gasteiger partial charge on any atom is -0.491 e. The van der Waals surface area contributed by atoms with Crippen molar-refractivity contribution >= 4 is 16.3 Å². The molecular formula is C28H23N5O3. The smallest absolute Gasteiger partial charge is 0.277 e. The van der Waals surface area contributed by atoms with Crippen LogP contribution in [0.15, 0.2) is 94.5 Å². The van der Waals surface area contributed by atoms with Crippen LogP contribution in [-0.4, -0.2) is 30.4 Å². The summed E-state index contributed by atoms with van der Waals surface area (Å²) >= 11 is 0. The van der Waals surface area contributed by atoms with E-state index in [1.165, 1.54) is 0 Å². The van der Waals surface area contributed by atoms with E-state index in [1.54, 1.807) is 21.5 Å². The van der Waals surface area contributed by atoms with Crippen molar-refractivity contribution in [2.45, 2.75) is 26.5 Å². The van der Waals surface area contributed by atoms with Gasteiger partial charge in [0.1, 0.15) is 17.8 Å². The van der Waals surface area contributed by atoms with Crippen molar-refractivity contribution < 1.29 is 9.26 Å². The Labute approximate surface area is 206 Å². The number of fused-ring (bicyclic) bond motifs is 2. The van der Waals surface area contributed by atoms with Crippen LogP contribution in [0.1, 0.15) is 19.7 Å². The first-order chi connectivity index (χ1) is 17.5. The molecule has 0 bridgehead atoms. The van der Waals surface area contributed by atoms with Crippen LogP contribution in [0, 0.1) is 0 Å². The fourth-order valence-corrected chi connectivity index (χ4v) is 4.27. The quantitative estimate of drug-likeness (QED) is 0.328. The second-order valence-electron chi connectivity index (χ2n) is 8.82. The molecule has 0 spiro atoms. The third kappa shape index (κ3) is 4.02. The molecule has 3 heterocycles. The standard InChI is InChI=1S/C28H23N5O3/c1-18(2)35-21-12-10-20(11-13-21)27-29-26(36-31-27)17-32-14-15-33-25(28(32)34)16-24(30-33)23-9-5-7-19-6-3-4-8-22(19)23/h3-16,18H,17H2,1-2H3. The number of hydrogen-bond donors (Lipinski definition) is 0. The van der Waals surface area contributed by atoms with E-state index in [-0.39, 0.29) is 18.2 Å². The van der Waals surface area contributed by atoms with E-state index in [9.17, 15) is 4.79 Å². The highest BCUT2D eigenvalue weighted by atomic mass is 16.5. The summed E-state index contributed by atoms with van der Waals surface area (Å²) in [4.78, 5) is 17.7. The summed E-state index contributed by atoms with van der Waals surface area (Å²) in [5.41, 5.74) is 2.81. The molecule has 36 heavy (non-hydrogen) atoms. The fraction of sp³-hybridized carbons (Fsp3) is 0.143. The molecule has 0 unspecified atom stereocenters. The first kappa shape index (κ1) is 21.8. The Hall–Kier alpha value is -4.72. The predicted octanol–water partition coefficient (Wildman–Crippen LogP) is 5.20. The summed E-state index contributed by atoms with van der Waals surface area (Å²) in [7, 11) is 0. The number of benzene rings is 3. The predicted molar refractivity (Wildman–Crippen MR) is 137 cm³/mol. The third-order valence-corrected chi connectivity index (χ3v) is 5.93. The summed E-state index contributed by atoms with van der Waals surface area (Å²) in [5, 5.41) is 10.9. The lowest BCUT2D eigenvalue weighted by atomic mass is 10.0. The molecule has 0 N–H and O–H groups in total. The molecule has 3 aromatic carbocycles. The van der Waals surface area contributed by atoms with Gasteiger partial charge in [0.25, 0.3) is 5.56 Å². The summed E-state index contributed by atoms with van der Waals surface area (Å²) in [6.45, 7) is 4.12. The molecule has 0 atom stereocenters. The number of aromatic nitrogens is 5. The fourth-order valence-electron chi connectivity index (χ4n) is 4.27. The van der Waals surface area contributed by atoms with Crippen molar-refractivity contribution in [2.75, 3.05) is 0 Å². The monoisotopic (exact) mass is 477 g/mol. The van der Waals surface area contributed by atoms with E-state index >= 15 is 0 Å². The van der Waals surface area contributed by atoms with E-state index in [2.05, 4.69) is 33.4 Å². The van der Waals surface area contributed by atoms with Crippen molar-refractivity contribution in [1.82, 2.24) is 24.3 Å². The van der Waals surface area contributed by atoms with E-state index in [1.807, 2.05) is 68.4 Å². The molecule has 6 aromatic rings. The Morgan fingerprint density at radius 2 is 1.78 bits per heavy atom. The Morgan fingerprint density at radius 1 is 0.972 bits per heavy atom. The van der Waals surface area contributed by atoms with Crippen LogP contribution in [0.5, 0.6) is 5.75 Å². The SMILES string of the molecule is CC(C)Oc1ccc(-c2noc(Cn3ccn4nc(-c5cccc6ccccc56)cc4c3=O)n2)cc1. The molecule has 0 aliphatic rings. The van der Waals surface area contributed by atoms with Crippen molar-refractivity contribution in [3.63, 3.8) is 0 Å². The third-order valence-electron chi connectivity index (χ3n) is 5.93. The summed E-state index contributed by atoms with van der Waals surface area (Å²) in [5.74, 6) is 1.58. The Balaban J connectivity index is 1.28. The second-order valence-corrected chi connectivity index (χ2v) is 8.82. The van der Waals surface area contributed by atoms with Gasteiger partial charge in [0.05, 0.1) is 11.8 Å². The average Bonchev–Trinajstić information content (AvgIpc) is 3.53. The first-order valence-electron chi connectivity index (χ1n) is 11.7. The van der Waals surface area contributed by atoms with E-state index in [0.717, 1.165) is 33.3 Å². The number of rotatable bonds is 6. The van der Waals surface area contributed by atoms with Gasteiger partial charge in [0.15, 0.2) is 0 Å². The number of hydrogen-bond acceptors (Lipinski definition) is 6. The molecule has 6 rings (SSSR count). The summed E-state index contributed by atoms with van der Waals surface area (Å²) in [6, 6.07) is 23.5. The van der Waals surface area contributed by atoms with E-state index in [4.69, 9.17) is 9.26 Å². The number of ether oxygens (including phenoxy) is 1. The molecule has 0 amide bonds. The van der Waals surface area contributed by atoms with Crippen LogP contribution in [0.2, 0.25) is 0 Å². The summed E-state index contributed by atoms with van der Waals surface area (Å²) in [6.07, 6.45) is 3.54.